The fourth-order valence-electron chi connectivity index (χ4n) is 1.58. The number of para-hydroxylation sites is 1. The molecular weight excluding hydrogens is 280 g/mol. The highest BCUT2D eigenvalue weighted by atomic mass is 35.5. The van der Waals surface area contributed by atoms with Crippen LogP contribution in [-0.2, 0) is 4.74 Å². The van der Waals surface area contributed by atoms with Crippen LogP contribution in [-0.4, -0.2) is 24.0 Å². The second-order valence-corrected chi connectivity index (χ2v) is 3.73. The predicted octanol–water partition coefficient (Wildman–Crippen LogP) is 2.54. The van der Waals surface area contributed by atoms with E-state index >= 15 is 0 Å². The number of carbonyl (C=O) groups excluding carboxylic acids is 2. The van der Waals surface area contributed by atoms with E-state index < -0.39 is 5.97 Å². The van der Waals surface area contributed by atoms with Crippen LogP contribution < -0.4 is 5.32 Å². The molecule has 0 saturated carbocycles. The summed E-state index contributed by atoms with van der Waals surface area (Å²) in [6.07, 6.45) is 3.06. The Kier molecular flexibility index (Phi) is 5.68. The van der Waals surface area contributed by atoms with Gasteiger partial charge in [0.05, 0.1) is 18.4 Å². The van der Waals surface area contributed by atoms with E-state index in [2.05, 4.69) is 15.0 Å². The summed E-state index contributed by atoms with van der Waals surface area (Å²) < 4.78 is 4.66. The highest BCUT2D eigenvalue weighted by molar-refractivity contribution is 6.07. The molecule has 6 heteroatoms. The van der Waals surface area contributed by atoms with Crippen molar-refractivity contribution in [3.8, 4) is 0 Å². The van der Waals surface area contributed by atoms with E-state index in [0.29, 0.717) is 16.8 Å². The number of nitrogens with zero attached hydrogens (tertiary/aromatic N) is 1. The summed E-state index contributed by atoms with van der Waals surface area (Å²) in [6, 6.07) is 9.86. The van der Waals surface area contributed by atoms with Crippen molar-refractivity contribution in [2.45, 2.75) is 0 Å². The molecule has 20 heavy (non-hydrogen) atoms. The monoisotopic (exact) mass is 292 g/mol. The minimum Gasteiger partial charge on any atom is -0.465 e. The largest absolute Gasteiger partial charge is 0.465 e. The number of amides is 1. The molecule has 0 aliphatic carbocycles. The summed E-state index contributed by atoms with van der Waals surface area (Å²) in [6.45, 7) is 0. The predicted molar refractivity (Wildman–Crippen MR) is 77.2 cm³/mol. The lowest BCUT2D eigenvalue weighted by molar-refractivity contribution is 0.0602. The van der Waals surface area contributed by atoms with Crippen LogP contribution in [0.3, 0.4) is 0 Å². The van der Waals surface area contributed by atoms with Crippen molar-refractivity contribution in [2.24, 2.45) is 0 Å². The Labute approximate surface area is 122 Å². The lowest BCUT2D eigenvalue weighted by atomic mass is 10.1. The standard InChI is InChI=1S/C14H12N2O3.ClH/c1-19-14(18)11-4-2-3-5-12(11)16-13(17)10-6-8-15-9-7-10;/h2-9H,1H3,(H,16,17);1H. The minimum absolute atomic E-state index is 0. The Morgan fingerprint density at radius 1 is 1.10 bits per heavy atom. The molecule has 1 aromatic heterocycles. The van der Waals surface area contributed by atoms with Crippen molar-refractivity contribution < 1.29 is 14.3 Å². The van der Waals surface area contributed by atoms with Crippen molar-refractivity contribution in [1.82, 2.24) is 4.98 Å². The van der Waals surface area contributed by atoms with E-state index in [4.69, 9.17) is 0 Å². The molecule has 1 aromatic carbocycles. The first-order valence-corrected chi connectivity index (χ1v) is 5.61. The molecule has 0 unspecified atom stereocenters. The van der Waals surface area contributed by atoms with Crippen molar-refractivity contribution >= 4 is 30.0 Å². The zero-order valence-electron chi connectivity index (χ0n) is 10.7. The van der Waals surface area contributed by atoms with E-state index in [-0.39, 0.29) is 18.3 Å². The van der Waals surface area contributed by atoms with Gasteiger partial charge in [0, 0.05) is 18.0 Å². The van der Waals surface area contributed by atoms with Gasteiger partial charge in [-0.25, -0.2) is 4.79 Å². The highest BCUT2D eigenvalue weighted by Crippen LogP contribution is 2.17. The maximum atomic E-state index is 12.0. The van der Waals surface area contributed by atoms with Gasteiger partial charge in [0.2, 0.25) is 0 Å². The zero-order chi connectivity index (χ0) is 13.7. The number of rotatable bonds is 3. The number of hydrogen-bond acceptors (Lipinski definition) is 4. The lowest BCUT2D eigenvalue weighted by Crippen LogP contribution is -2.15. The first-order valence-electron chi connectivity index (χ1n) is 5.61. The number of pyridine rings is 1. The summed E-state index contributed by atoms with van der Waals surface area (Å²) in [5.74, 6) is -0.801. The van der Waals surface area contributed by atoms with Gasteiger partial charge in [-0.05, 0) is 24.3 Å². The summed E-state index contributed by atoms with van der Waals surface area (Å²) in [5, 5.41) is 2.67. The van der Waals surface area contributed by atoms with Crippen LogP contribution in [0.2, 0.25) is 0 Å². The van der Waals surface area contributed by atoms with Gasteiger partial charge in [-0.3, -0.25) is 9.78 Å². The summed E-state index contributed by atoms with van der Waals surface area (Å²) in [5.41, 5.74) is 1.19. The fourth-order valence-corrected chi connectivity index (χ4v) is 1.58. The number of benzene rings is 1. The topological polar surface area (TPSA) is 68.3 Å². The molecule has 1 N–H and O–H groups in total. The van der Waals surface area contributed by atoms with E-state index in [1.165, 1.54) is 19.5 Å². The quantitative estimate of drug-likeness (QED) is 0.883. The highest BCUT2D eigenvalue weighted by Gasteiger charge is 2.13. The van der Waals surface area contributed by atoms with Crippen LogP contribution in [0, 0.1) is 0 Å². The van der Waals surface area contributed by atoms with Gasteiger partial charge in [-0.1, -0.05) is 12.1 Å². The van der Waals surface area contributed by atoms with Crippen LogP contribution >= 0.6 is 12.4 Å². The molecule has 0 aliphatic heterocycles. The molecule has 0 atom stereocenters. The molecule has 2 rings (SSSR count). The number of nitrogens with one attached hydrogen (secondary N) is 1. The zero-order valence-corrected chi connectivity index (χ0v) is 11.5. The van der Waals surface area contributed by atoms with Gasteiger partial charge in [0.15, 0.2) is 0 Å². The van der Waals surface area contributed by atoms with Crippen LogP contribution in [0.25, 0.3) is 0 Å². The number of hydrogen-bond donors (Lipinski definition) is 1. The number of aromatic nitrogens is 1. The van der Waals surface area contributed by atoms with Crippen LogP contribution in [0.1, 0.15) is 20.7 Å². The van der Waals surface area contributed by atoms with Crippen molar-refractivity contribution in [1.29, 1.82) is 0 Å². The summed E-state index contributed by atoms with van der Waals surface area (Å²) in [4.78, 5) is 27.4. The number of ether oxygens (including phenoxy) is 1. The lowest BCUT2D eigenvalue weighted by Gasteiger charge is -2.09. The molecule has 1 heterocycles. The molecule has 0 bridgehead atoms. The SMILES string of the molecule is COC(=O)c1ccccc1NC(=O)c1ccncc1.Cl. The average Bonchev–Trinajstić information content (AvgIpc) is 2.48. The number of anilines is 1. The van der Waals surface area contributed by atoms with Crippen molar-refractivity contribution in [3.63, 3.8) is 0 Å². The molecule has 2 aromatic rings. The summed E-state index contributed by atoms with van der Waals surface area (Å²) in [7, 11) is 1.30. The van der Waals surface area contributed by atoms with Crippen LogP contribution in [0.4, 0.5) is 5.69 Å². The van der Waals surface area contributed by atoms with E-state index in [9.17, 15) is 9.59 Å². The third-order valence-electron chi connectivity index (χ3n) is 2.52. The van der Waals surface area contributed by atoms with E-state index in [1.54, 1.807) is 36.4 Å². The first kappa shape index (κ1) is 15.7. The second-order valence-electron chi connectivity index (χ2n) is 3.73. The van der Waals surface area contributed by atoms with E-state index in [1.807, 2.05) is 0 Å². The molecule has 0 spiro atoms. The van der Waals surface area contributed by atoms with Gasteiger partial charge in [-0.2, -0.15) is 0 Å². The third kappa shape index (κ3) is 3.55. The second kappa shape index (κ2) is 7.25. The van der Waals surface area contributed by atoms with Crippen molar-refractivity contribution in [2.75, 3.05) is 12.4 Å². The maximum Gasteiger partial charge on any atom is 0.339 e. The van der Waals surface area contributed by atoms with Gasteiger partial charge < -0.3 is 10.1 Å². The van der Waals surface area contributed by atoms with Crippen LogP contribution in [0.15, 0.2) is 48.8 Å². The summed E-state index contributed by atoms with van der Waals surface area (Å²) >= 11 is 0. The Balaban J connectivity index is 0.00000200. The molecular formula is C14H13ClN2O3. The Morgan fingerprint density at radius 2 is 1.75 bits per heavy atom. The molecule has 104 valence electrons. The smallest absolute Gasteiger partial charge is 0.339 e. The molecule has 0 fully saturated rings. The number of esters is 1. The van der Waals surface area contributed by atoms with Crippen molar-refractivity contribution in [3.05, 3.63) is 59.9 Å². The Morgan fingerprint density at radius 3 is 2.40 bits per heavy atom. The Hall–Kier alpha value is -2.40. The number of carbonyl (C=O) groups is 2. The normalized spacial score (nSPS) is 9.25. The van der Waals surface area contributed by atoms with Gasteiger partial charge >= 0.3 is 5.97 Å². The first-order chi connectivity index (χ1) is 9.22. The van der Waals surface area contributed by atoms with Crippen LogP contribution in [0.5, 0.6) is 0 Å². The average molecular weight is 293 g/mol. The maximum absolute atomic E-state index is 12.0. The Bertz CT molecular complexity index is 602. The van der Waals surface area contributed by atoms with Gasteiger partial charge in [-0.15, -0.1) is 12.4 Å². The molecule has 1 amide bonds. The molecule has 0 radical (unpaired) electrons. The molecule has 0 saturated heterocycles. The molecule has 0 aliphatic rings. The number of methoxy groups -OCH3 is 1. The van der Waals surface area contributed by atoms with E-state index in [0.717, 1.165) is 0 Å². The fraction of sp³-hybridized carbons (Fsp3) is 0.0714. The van der Waals surface area contributed by atoms with Gasteiger partial charge in [0.25, 0.3) is 5.91 Å². The third-order valence-corrected chi connectivity index (χ3v) is 2.52. The number of halogens is 1. The van der Waals surface area contributed by atoms with Gasteiger partial charge in [0.1, 0.15) is 0 Å². The molecule has 5 nitrogen and oxygen atoms in total. The minimum atomic E-state index is -0.495.